The van der Waals surface area contributed by atoms with E-state index in [1.54, 1.807) is 6.92 Å². The summed E-state index contributed by atoms with van der Waals surface area (Å²) in [4.78, 5) is 33.3. The van der Waals surface area contributed by atoms with E-state index in [0.717, 1.165) is 0 Å². The third-order valence-electron chi connectivity index (χ3n) is 3.02. The van der Waals surface area contributed by atoms with Gasteiger partial charge in [-0.05, 0) is 0 Å². The SMILES string of the molecule is CC(=O)OCC1O[C@H](Br)C(OC(C)=O)[C@@H](C)[C@H]1OC(C)=O. The van der Waals surface area contributed by atoms with Gasteiger partial charge < -0.3 is 18.9 Å². The van der Waals surface area contributed by atoms with E-state index in [0.29, 0.717) is 0 Å². The molecule has 1 rings (SSSR count). The van der Waals surface area contributed by atoms with Gasteiger partial charge in [-0.3, -0.25) is 14.4 Å². The lowest BCUT2D eigenvalue weighted by Crippen LogP contribution is -2.55. The molecule has 1 aliphatic rings. The molecular weight excluding hydrogens is 348 g/mol. The van der Waals surface area contributed by atoms with Crippen molar-refractivity contribution in [2.24, 2.45) is 5.92 Å². The van der Waals surface area contributed by atoms with E-state index in [1.807, 2.05) is 0 Å². The molecule has 1 saturated heterocycles. The molecule has 0 aliphatic carbocycles. The summed E-state index contributed by atoms with van der Waals surface area (Å²) in [5, 5.41) is -0.580. The first-order valence-corrected chi connectivity index (χ1v) is 7.41. The third-order valence-corrected chi connectivity index (χ3v) is 3.76. The van der Waals surface area contributed by atoms with Crippen LogP contribution in [0, 0.1) is 5.92 Å². The topological polar surface area (TPSA) is 88.1 Å². The van der Waals surface area contributed by atoms with Crippen LogP contribution < -0.4 is 0 Å². The smallest absolute Gasteiger partial charge is 0.303 e. The molecule has 5 atom stereocenters. The summed E-state index contributed by atoms with van der Waals surface area (Å²) in [6.07, 6.45) is -1.93. The Morgan fingerprint density at radius 1 is 1.00 bits per heavy atom. The molecule has 120 valence electrons. The molecule has 0 bridgehead atoms. The minimum absolute atomic E-state index is 0.0491. The lowest BCUT2D eigenvalue weighted by atomic mass is 9.91. The lowest BCUT2D eigenvalue weighted by molar-refractivity contribution is -0.210. The third kappa shape index (κ3) is 5.28. The van der Waals surface area contributed by atoms with Crippen LogP contribution in [0.25, 0.3) is 0 Å². The Kier molecular flexibility index (Phi) is 6.60. The average molecular weight is 367 g/mol. The summed E-state index contributed by atoms with van der Waals surface area (Å²) < 4.78 is 21.0. The minimum atomic E-state index is -0.681. The van der Waals surface area contributed by atoms with E-state index in [9.17, 15) is 14.4 Å². The van der Waals surface area contributed by atoms with Crippen molar-refractivity contribution in [1.29, 1.82) is 0 Å². The van der Waals surface area contributed by atoms with Gasteiger partial charge in [-0.2, -0.15) is 0 Å². The molecule has 0 amide bonds. The molecular formula is C13H19BrO7. The van der Waals surface area contributed by atoms with E-state index in [-0.39, 0.29) is 12.5 Å². The van der Waals surface area contributed by atoms with Crippen LogP contribution in [-0.4, -0.2) is 47.8 Å². The Morgan fingerprint density at radius 2 is 1.52 bits per heavy atom. The highest BCUT2D eigenvalue weighted by molar-refractivity contribution is 9.09. The summed E-state index contributed by atoms with van der Waals surface area (Å²) in [7, 11) is 0. The maximum absolute atomic E-state index is 11.2. The average Bonchev–Trinajstić information content (AvgIpc) is 2.35. The summed E-state index contributed by atoms with van der Waals surface area (Å²) in [6.45, 7) is 5.57. The summed E-state index contributed by atoms with van der Waals surface area (Å²) >= 11 is 3.28. The molecule has 1 fully saturated rings. The fraction of sp³-hybridized carbons (Fsp3) is 0.769. The second-order valence-corrected chi connectivity index (χ2v) is 5.74. The predicted molar refractivity (Wildman–Crippen MR) is 74.5 cm³/mol. The Morgan fingerprint density at radius 3 is 2.00 bits per heavy atom. The monoisotopic (exact) mass is 366 g/mol. The van der Waals surface area contributed by atoms with Crippen molar-refractivity contribution < 1.29 is 33.3 Å². The van der Waals surface area contributed by atoms with Crippen molar-refractivity contribution in [1.82, 2.24) is 0 Å². The van der Waals surface area contributed by atoms with Crippen molar-refractivity contribution in [3.05, 3.63) is 0 Å². The van der Waals surface area contributed by atoms with Crippen LogP contribution in [-0.2, 0) is 33.3 Å². The number of alkyl halides is 1. The van der Waals surface area contributed by atoms with Crippen LogP contribution in [0.1, 0.15) is 27.7 Å². The zero-order chi connectivity index (χ0) is 16.2. The summed E-state index contributed by atoms with van der Waals surface area (Å²) in [6, 6.07) is 0. The molecule has 1 aliphatic heterocycles. The van der Waals surface area contributed by atoms with Gasteiger partial charge in [-0.1, -0.05) is 22.9 Å². The highest BCUT2D eigenvalue weighted by atomic mass is 79.9. The van der Waals surface area contributed by atoms with Crippen LogP contribution in [0.5, 0.6) is 0 Å². The quantitative estimate of drug-likeness (QED) is 0.419. The van der Waals surface area contributed by atoms with Gasteiger partial charge in [-0.25, -0.2) is 0 Å². The fourth-order valence-electron chi connectivity index (χ4n) is 2.15. The highest BCUT2D eigenvalue weighted by Crippen LogP contribution is 2.33. The Hall–Kier alpha value is -1.15. The van der Waals surface area contributed by atoms with E-state index in [2.05, 4.69) is 15.9 Å². The van der Waals surface area contributed by atoms with E-state index in [4.69, 9.17) is 18.9 Å². The first-order valence-electron chi connectivity index (χ1n) is 6.49. The Bertz CT molecular complexity index is 409. The lowest BCUT2D eigenvalue weighted by Gasteiger charge is -2.42. The minimum Gasteiger partial charge on any atom is -0.463 e. The molecule has 8 heteroatoms. The number of halogens is 1. The second-order valence-electron chi connectivity index (χ2n) is 4.84. The van der Waals surface area contributed by atoms with Gasteiger partial charge >= 0.3 is 17.9 Å². The number of ether oxygens (including phenoxy) is 4. The van der Waals surface area contributed by atoms with Crippen LogP contribution in [0.15, 0.2) is 0 Å². The number of esters is 3. The number of carbonyl (C=O) groups is 3. The molecule has 0 spiro atoms. The van der Waals surface area contributed by atoms with Crippen molar-refractivity contribution in [2.45, 2.75) is 51.0 Å². The first-order chi connectivity index (χ1) is 9.72. The maximum Gasteiger partial charge on any atom is 0.303 e. The van der Waals surface area contributed by atoms with Gasteiger partial charge in [0.15, 0.2) is 0 Å². The summed E-state index contributed by atoms with van der Waals surface area (Å²) in [5.41, 5.74) is 0. The van der Waals surface area contributed by atoms with Gasteiger partial charge in [0.05, 0.1) is 0 Å². The summed E-state index contributed by atoms with van der Waals surface area (Å²) in [5.74, 6) is -1.73. The van der Waals surface area contributed by atoms with Crippen molar-refractivity contribution in [3.8, 4) is 0 Å². The number of carbonyl (C=O) groups excluding carboxylic acids is 3. The largest absolute Gasteiger partial charge is 0.463 e. The van der Waals surface area contributed by atoms with Gasteiger partial charge in [0.2, 0.25) is 0 Å². The zero-order valence-electron chi connectivity index (χ0n) is 12.3. The van der Waals surface area contributed by atoms with Crippen LogP contribution in [0.3, 0.4) is 0 Å². The fourth-order valence-corrected chi connectivity index (χ4v) is 3.01. The molecule has 7 nitrogen and oxygen atoms in total. The molecule has 0 aromatic rings. The van der Waals surface area contributed by atoms with Gasteiger partial charge in [0, 0.05) is 26.7 Å². The van der Waals surface area contributed by atoms with E-state index in [1.165, 1.54) is 20.8 Å². The number of hydrogen-bond donors (Lipinski definition) is 0. The van der Waals surface area contributed by atoms with Crippen LogP contribution >= 0.6 is 15.9 Å². The van der Waals surface area contributed by atoms with E-state index >= 15 is 0 Å². The molecule has 0 aromatic carbocycles. The van der Waals surface area contributed by atoms with Gasteiger partial charge in [-0.15, -0.1) is 0 Å². The van der Waals surface area contributed by atoms with Crippen LogP contribution in [0.4, 0.5) is 0 Å². The Labute approximate surface area is 131 Å². The predicted octanol–water partition coefficient (Wildman–Crippen LogP) is 1.17. The molecule has 21 heavy (non-hydrogen) atoms. The van der Waals surface area contributed by atoms with Crippen molar-refractivity contribution >= 4 is 33.8 Å². The number of rotatable bonds is 4. The first kappa shape index (κ1) is 17.9. The molecule has 0 radical (unpaired) electrons. The van der Waals surface area contributed by atoms with Crippen molar-refractivity contribution in [3.63, 3.8) is 0 Å². The van der Waals surface area contributed by atoms with Crippen LogP contribution in [0.2, 0.25) is 0 Å². The molecule has 0 N–H and O–H groups in total. The molecule has 1 heterocycles. The molecule has 2 unspecified atom stereocenters. The number of hydrogen-bond acceptors (Lipinski definition) is 7. The second kappa shape index (κ2) is 7.74. The van der Waals surface area contributed by atoms with E-state index < -0.39 is 41.2 Å². The zero-order valence-corrected chi connectivity index (χ0v) is 13.9. The standard InChI is InChI=1S/C13H19BrO7/c1-6-11(19-8(3)16)10(5-18-7(2)15)21-13(14)12(6)20-9(4)17/h6,10-13H,5H2,1-4H3/t6-,10?,11+,12?,13-/m0/s1. The molecule has 0 aromatic heterocycles. The highest BCUT2D eigenvalue weighted by Gasteiger charge is 2.46. The molecule has 0 saturated carbocycles. The maximum atomic E-state index is 11.2. The van der Waals surface area contributed by atoms with Gasteiger partial charge in [0.1, 0.15) is 29.9 Å². The van der Waals surface area contributed by atoms with Gasteiger partial charge in [0.25, 0.3) is 0 Å². The normalized spacial score (nSPS) is 32.1. The Balaban J connectivity index is 2.86. The van der Waals surface area contributed by atoms with Crippen molar-refractivity contribution in [2.75, 3.05) is 6.61 Å².